The van der Waals surface area contributed by atoms with Crippen LogP contribution in [0.1, 0.15) is 16.8 Å². The van der Waals surface area contributed by atoms with Crippen LogP contribution in [0.15, 0.2) is 48.8 Å². The molecule has 0 spiro atoms. The molecule has 1 saturated heterocycles. The Kier molecular flexibility index (Phi) is 5.68. The molecule has 0 unspecified atom stereocenters. The van der Waals surface area contributed by atoms with Crippen LogP contribution >= 0.6 is 0 Å². The van der Waals surface area contributed by atoms with E-state index < -0.39 is 42.9 Å². The van der Waals surface area contributed by atoms with Crippen molar-refractivity contribution in [2.24, 2.45) is 0 Å². The first-order chi connectivity index (χ1) is 19.7. The van der Waals surface area contributed by atoms with Crippen LogP contribution in [-0.4, -0.2) is 80.4 Å². The maximum atomic E-state index is 15.6. The fourth-order valence-electron chi connectivity index (χ4n) is 5.87. The summed E-state index contributed by atoms with van der Waals surface area (Å²) >= 11 is 0. The first-order valence-electron chi connectivity index (χ1n) is 13.0. The van der Waals surface area contributed by atoms with E-state index in [1.54, 1.807) is 40.9 Å². The van der Waals surface area contributed by atoms with E-state index >= 15 is 4.39 Å². The first kappa shape index (κ1) is 25.3. The minimum absolute atomic E-state index is 0.00502. The molecule has 3 aromatic heterocycles. The number of carbonyl (C=O) groups excluding carboxylic acids is 3. The smallest absolute Gasteiger partial charge is 0.321 e. The monoisotopic (exact) mass is 564 g/mol. The Morgan fingerprint density at radius 1 is 1.05 bits per heavy atom. The van der Waals surface area contributed by atoms with E-state index in [1.807, 2.05) is 0 Å². The Morgan fingerprint density at radius 2 is 1.88 bits per heavy atom. The summed E-state index contributed by atoms with van der Waals surface area (Å²) in [6.45, 7) is -1.61. The Morgan fingerprint density at radius 3 is 2.73 bits per heavy atom. The topological polar surface area (TPSA) is 101 Å². The molecule has 6 heterocycles. The zero-order valence-corrected chi connectivity index (χ0v) is 21.6. The average molecular weight is 565 g/mol. The van der Waals surface area contributed by atoms with Crippen molar-refractivity contribution in [1.82, 2.24) is 29.1 Å². The third-order valence-corrected chi connectivity index (χ3v) is 7.71. The van der Waals surface area contributed by atoms with Gasteiger partial charge in [0.25, 0.3) is 17.7 Å². The fourth-order valence-corrected chi connectivity index (χ4v) is 5.87. The number of aromatic nitrogens is 3. The number of imide groups is 1. The molecule has 7 rings (SSSR count). The van der Waals surface area contributed by atoms with E-state index in [9.17, 15) is 23.2 Å². The second kappa shape index (κ2) is 9.20. The number of imidazole rings is 1. The van der Waals surface area contributed by atoms with Gasteiger partial charge in [-0.3, -0.25) is 23.9 Å². The van der Waals surface area contributed by atoms with Crippen LogP contribution in [-0.2, 0) is 27.4 Å². The number of alkyl halides is 2. The van der Waals surface area contributed by atoms with Crippen molar-refractivity contribution >= 4 is 45.5 Å². The van der Waals surface area contributed by atoms with Gasteiger partial charge in [0.05, 0.1) is 41.7 Å². The highest BCUT2D eigenvalue weighted by molar-refractivity contribution is 6.49. The summed E-state index contributed by atoms with van der Waals surface area (Å²) in [5.74, 6) is -5.06. The molecule has 10 nitrogen and oxygen atoms in total. The van der Waals surface area contributed by atoms with Gasteiger partial charge >= 0.3 is 6.03 Å². The molecule has 4 amide bonds. The van der Waals surface area contributed by atoms with Gasteiger partial charge in [-0.15, -0.1) is 0 Å². The molecule has 1 N–H and O–H groups in total. The number of hydrogen-bond acceptors (Lipinski definition) is 5. The quantitative estimate of drug-likeness (QED) is 0.378. The van der Waals surface area contributed by atoms with Gasteiger partial charge in [0.2, 0.25) is 0 Å². The second-order valence-electron chi connectivity index (χ2n) is 10.3. The lowest BCUT2D eigenvalue weighted by atomic mass is 9.94. The summed E-state index contributed by atoms with van der Waals surface area (Å²) in [4.78, 5) is 46.2. The Labute approximate surface area is 230 Å². The molecule has 0 bridgehead atoms. The molecule has 0 atom stereocenters. The third-order valence-electron chi connectivity index (χ3n) is 7.71. The van der Waals surface area contributed by atoms with Crippen molar-refractivity contribution in [3.05, 3.63) is 71.6 Å². The number of rotatable bonds is 2. The molecule has 3 aliphatic rings. The van der Waals surface area contributed by atoms with Gasteiger partial charge in [-0.05, 0) is 29.7 Å². The van der Waals surface area contributed by atoms with E-state index in [2.05, 4.69) is 10.3 Å². The largest absolute Gasteiger partial charge is 0.373 e. The summed E-state index contributed by atoms with van der Waals surface area (Å²) in [7, 11) is 0. The van der Waals surface area contributed by atoms with Crippen molar-refractivity contribution in [3.63, 3.8) is 0 Å². The van der Waals surface area contributed by atoms with E-state index in [1.165, 1.54) is 21.7 Å². The van der Waals surface area contributed by atoms with E-state index in [0.717, 1.165) is 4.90 Å². The number of pyridine rings is 1. The van der Waals surface area contributed by atoms with Crippen molar-refractivity contribution in [3.8, 4) is 0 Å². The standard InChI is InChI=1S/C28H23F3N6O4/c29-20-11-18-17(22-23(26(39)33-25(22)38)19-12-32-21-3-1-2-7-36(19)21)5-4-16-6-8-35(15-37(20)24(16)18)27(40)34-9-10-41-14-28(30,31)13-34/h1-5,7,11-12H,6,8-10,13-15H2,(H,33,38,39). The van der Waals surface area contributed by atoms with Crippen molar-refractivity contribution in [2.45, 2.75) is 19.0 Å². The maximum absolute atomic E-state index is 15.6. The van der Waals surface area contributed by atoms with Gasteiger partial charge in [-0.2, -0.15) is 4.39 Å². The molecular weight excluding hydrogens is 541 g/mol. The third kappa shape index (κ3) is 4.06. The molecule has 210 valence electrons. The SMILES string of the molecule is O=C1NC(=O)C(c2cnc3ccccn23)=C1c1ccc2c3c1cc(F)n3CN(C(=O)N1CCOCC(F)(F)C1)CC2. The van der Waals surface area contributed by atoms with E-state index in [-0.39, 0.29) is 37.5 Å². The molecule has 41 heavy (non-hydrogen) atoms. The van der Waals surface area contributed by atoms with Crippen LogP contribution < -0.4 is 5.32 Å². The number of amides is 4. The lowest BCUT2D eigenvalue weighted by Crippen LogP contribution is -2.48. The molecule has 0 radical (unpaired) electrons. The van der Waals surface area contributed by atoms with Crippen molar-refractivity contribution in [2.75, 3.05) is 32.8 Å². The first-order valence-corrected chi connectivity index (χ1v) is 13.0. The van der Waals surface area contributed by atoms with Crippen LogP contribution in [0.5, 0.6) is 0 Å². The minimum atomic E-state index is -3.19. The summed E-state index contributed by atoms with van der Waals surface area (Å²) in [5, 5.41) is 2.75. The van der Waals surface area contributed by atoms with Crippen molar-refractivity contribution in [1.29, 1.82) is 0 Å². The summed E-state index contributed by atoms with van der Waals surface area (Å²) < 4.78 is 51.8. The zero-order valence-electron chi connectivity index (χ0n) is 21.6. The number of nitrogens with one attached hydrogen (secondary N) is 1. The molecule has 1 aromatic carbocycles. The number of carbonyl (C=O) groups is 3. The highest BCUT2D eigenvalue weighted by Crippen LogP contribution is 2.38. The number of halogens is 3. The highest BCUT2D eigenvalue weighted by atomic mass is 19.3. The van der Waals surface area contributed by atoms with Crippen LogP contribution in [0.3, 0.4) is 0 Å². The molecule has 0 aliphatic carbocycles. The zero-order chi connectivity index (χ0) is 28.5. The van der Waals surface area contributed by atoms with E-state index in [0.29, 0.717) is 39.8 Å². The summed E-state index contributed by atoms with van der Waals surface area (Å²) in [6, 6.07) is 9.39. The number of fused-ring (bicyclic) bond motifs is 1. The van der Waals surface area contributed by atoms with Crippen LogP contribution in [0.2, 0.25) is 0 Å². The Bertz CT molecular complexity index is 1810. The van der Waals surface area contributed by atoms with Gasteiger partial charge in [0.1, 0.15) is 18.9 Å². The van der Waals surface area contributed by atoms with Crippen LogP contribution in [0.25, 0.3) is 27.7 Å². The van der Waals surface area contributed by atoms with Crippen molar-refractivity contribution < 1.29 is 32.3 Å². The molecular formula is C28H23F3N6O4. The highest BCUT2D eigenvalue weighted by Gasteiger charge is 2.39. The second-order valence-corrected chi connectivity index (χ2v) is 10.3. The fraction of sp³-hybridized carbons (Fsp3) is 0.286. The van der Waals surface area contributed by atoms with Gasteiger partial charge < -0.3 is 14.5 Å². The van der Waals surface area contributed by atoms with Gasteiger partial charge in [0, 0.05) is 30.7 Å². The number of nitrogens with zero attached hydrogens (tertiary/aromatic N) is 5. The Hall–Kier alpha value is -4.65. The molecule has 1 fully saturated rings. The Balaban J connectivity index is 1.32. The molecule has 13 heteroatoms. The van der Waals surface area contributed by atoms with Crippen LogP contribution in [0.4, 0.5) is 18.0 Å². The lowest BCUT2D eigenvalue weighted by Gasteiger charge is -2.30. The van der Waals surface area contributed by atoms with Gasteiger partial charge in [-0.25, -0.2) is 18.6 Å². The number of hydrogen-bond donors (Lipinski definition) is 1. The predicted molar refractivity (Wildman–Crippen MR) is 140 cm³/mol. The van der Waals surface area contributed by atoms with E-state index in [4.69, 9.17) is 4.74 Å². The minimum Gasteiger partial charge on any atom is -0.373 e. The predicted octanol–water partition coefficient (Wildman–Crippen LogP) is 2.90. The van der Waals surface area contributed by atoms with Crippen LogP contribution in [0, 0.1) is 5.95 Å². The number of benzene rings is 1. The lowest BCUT2D eigenvalue weighted by molar-refractivity contribution is -0.122. The maximum Gasteiger partial charge on any atom is 0.321 e. The average Bonchev–Trinajstić information content (AvgIpc) is 3.48. The normalized spacial score (nSPS) is 19.2. The summed E-state index contributed by atoms with van der Waals surface area (Å²) in [6.07, 6.45) is 3.57. The summed E-state index contributed by atoms with van der Waals surface area (Å²) in [5.41, 5.74) is 2.75. The molecule has 3 aliphatic heterocycles. The molecule has 4 aromatic rings. The number of ether oxygens (including phenoxy) is 1. The number of urea groups is 1. The van der Waals surface area contributed by atoms with Gasteiger partial charge in [-0.1, -0.05) is 18.2 Å². The molecule has 0 saturated carbocycles. The van der Waals surface area contributed by atoms with Gasteiger partial charge in [0.15, 0.2) is 5.95 Å².